The molecule has 0 saturated heterocycles. The van der Waals surface area contributed by atoms with E-state index in [0.29, 0.717) is 0 Å². The van der Waals surface area contributed by atoms with Crippen LogP contribution in [0.25, 0.3) is 10.9 Å². The SMILES string of the molecule is Cc1ccc2c(N)cc(C)nc2c1. The second-order valence-corrected chi connectivity index (χ2v) is 3.37. The molecule has 0 radical (unpaired) electrons. The fraction of sp³-hybridized carbons (Fsp3) is 0.182. The number of nitrogens with two attached hydrogens (primary N) is 1. The summed E-state index contributed by atoms with van der Waals surface area (Å²) >= 11 is 0. The van der Waals surface area contributed by atoms with E-state index < -0.39 is 0 Å². The maximum absolute atomic E-state index is 5.87. The van der Waals surface area contributed by atoms with E-state index >= 15 is 0 Å². The van der Waals surface area contributed by atoms with Crippen molar-refractivity contribution in [2.24, 2.45) is 0 Å². The first-order chi connectivity index (χ1) is 6.16. The summed E-state index contributed by atoms with van der Waals surface area (Å²) in [5.41, 5.74) is 9.84. The zero-order chi connectivity index (χ0) is 9.42. The molecule has 1 heterocycles. The highest BCUT2D eigenvalue weighted by molar-refractivity contribution is 5.90. The van der Waals surface area contributed by atoms with Crippen LogP contribution in [0.1, 0.15) is 11.3 Å². The van der Waals surface area contributed by atoms with E-state index in [1.165, 1.54) is 5.56 Å². The Morgan fingerprint density at radius 3 is 2.69 bits per heavy atom. The van der Waals surface area contributed by atoms with Gasteiger partial charge in [-0.25, -0.2) is 0 Å². The fourth-order valence-corrected chi connectivity index (χ4v) is 1.50. The molecule has 0 bridgehead atoms. The third-order valence-corrected chi connectivity index (χ3v) is 2.13. The molecule has 0 atom stereocenters. The number of aromatic nitrogens is 1. The Bertz CT molecular complexity index is 456. The van der Waals surface area contributed by atoms with Gasteiger partial charge in [0.1, 0.15) is 0 Å². The molecule has 0 unspecified atom stereocenters. The van der Waals surface area contributed by atoms with Crippen molar-refractivity contribution in [3.05, 3.63) is 35.5 Å². The van der Waals surface area contributed by atoms with Crippen molar-refractivity contribution in [2.75, 3.05) is 5.73 Å². The van der Waals surface area contributed by atoms with Gasteiger partial charge in [-0.15, -0.1) is 0 Å². The fourth-order valence-electron chi connectivity index (χ4n) is 1.50. The number of aryl methyl sites for hydroxylation is 2. The summed E-state index contributed by atoms with van der Waals surface area (Å²) < 4.78 is 0. The Labute approximate surface area is 77.4 Å². The van der Waals surface area contributed by atoms with Crippen LogP contribution in [-0.2, 0) is 0 Å². The highest BCUT2D eigenvalue weighted by Gasteiger charge is 2.00. The number of hydrogen-bond acceptors (Lipinski definition) is 2. The van der Waals surface area contributed by atoms with Gasteiger partial charge in [-0.2, -0.15) is 0 Å². The summed E-state index contributed by atoms with van der Waals surface area (Å²) in [6.07, 6.45) is 0. The maximum Gasteiger partial charge on any atom is 0.0728 e. The number of fused-ring (bicyclic) bond motifs is 1. The zero-order valence-electron chi connectivity index (χ0n) is 7.83. The van der Waals surface area contributed by atoms with Crippen molar-refractivity contribution >= 4 is 16.6 Å². The van der Waals surface area contributed by atoms with Crippen molar-refractivity contribution in [1.29, 1.82) is 0 Å². The van der Waals surface area contributed by atoms with Crippen LogP contribution in [0.15, 0.2) is 24.3 Å². The average Bonchev–Trinajstić information content (AvgIpc) is 2.02. The minimum Gasteiger partial charge on any atom is -0.398 e. The quantitative estimate of drug-likeness (QED) is 0.662. The lowest BCUT2D eigenvalue weighted by Crippen LogP contribution is -1.92. The van der Waals surface area contributed by atoms with Gasteiger partial charge in [0.25, 0.3) is 0 Å². The van der Waals surface area contributed by atoms with Crippen molar-refractivity contribution in [1.82, 2.24) is 4.98 Å². The van der Waals surface area contributed by atoms with E-state index in [1.54, 1.807) is 0 Å². The van der Waals surface area contributed by atoms with Crippen molar-refractivity contribution < 1.29 is 0 Å². The van der Waals surface area contributed by atoms with E-state index in [9.17, 15) is 0 Å². The maximum atomic E-state index is 5.87. The second kappa shape index (κ2) is 2.73. The third kappa shape index (κ3) is 1.35. The Kier molecular flexibility index (Phi) is 1.69. The lowest BCUT2D eigenvalue weighted by atomic mass is 10.1. The van der Waals surface area contributed by atoms with Crippen LogP contribution < -0.4 is 5.73 Å². The van der Waals surface area contributed by atoms with Crippen molar-refractivity contribution in [3.8, 4) is 0 Å². The van der Waals surface area contributed by atoms with Crippen LogP contribution in [0, 0.1) is 13.8 Å². The van der Waals surface area contributed by atoms with Crippen molar-refractivity contribution in [3.63, 3.8) is 0 Å². The molecule has 0 amide bonds. The Morgan fingerprint density at radius 1 is 1.15 bits per heavy atom. The topological polar surface area (TPSA) is 38.9 Å². The number of anilines is 1. The van der Waals surface area contributed by atoms with Crippen LogP contribution in [-0.4, -0.2) is 4.98 Å². The number of rotatable bonds is 0. The van der Waals surface area contributed by atoms with Gasteiger partial charge in [0.05, 0.1) is 5.52 Å². The molecule has 2 nitrogen and oxygen atoms in total. The average molecular weight is 172 g/mol. The van der Waals surface area contributed by atoms with Crippen molar-refractivity contribution in [2.45, 2.75) is 13.8 Å². The molecule has 2 N–H and O–H groups in total. The Balaban J connectivity index is 2.86. The van der Waals surface area contributed by atoms with Crippen LogP contribution in [0.3, 0.4) is 0 Å². The predicted octanol–water partition coefficient (Wildman–Crippen LogP) is 2.43. The van der Waals surface area contributed by atoms with Crippen LogP contribution in [0.5, 0.6) is 0 Å². The van der Waals surface area contributed by atoms with E-state index in [2.05, 4.69) is 24.0 Å². The smallest absolute Gasteiger partial charge is 0.0728 e. The van der Waals surface area contributed by atoms with E-state index in [0.717, 1.165) is 22.3 Å². The molecule has 0 saturated carbocycles. The van der Waals surface area contributed by atoms with Gasteiger partial charge < -0.3 is 5.73 Å². The molecule has 0 fully saturated rings. The minimum absolute atomic E-state index is 0.808. The molecule has 0 spiro atoms. The lowest BCUT2D eigenvalue weighted by molar-refractivity contribution is 1.25. The largest absolute Gasteiger partial charge is 0.398 e. The van der Waals surface area contributed by atoms with E-state index in [4.69, 9.17) is 5.73 Å². The number of nitrogens with zero attached hydrogens (tertiary/aromatic N) is 1. The normalized spacial score (nSPS) is 10.6. The first-order valence-electron chi connectivity index (χ1n) is 4.30. The molecular weight excluding hydrogens is 160 g/mol. The molecule has 0 aliphatic heterocycles. The van der Waals surface area contributed by atoms with E-state index in [1.807, 2.05) is 19.1 Å². The summed E-state index contributed by atoms with van der Waals surface area (Å²) in [4.78, 5) is 4.42. The lowest BCUT2D eigenvalue weighted by Gasteiger charge is -2.03. The van der Waals surface area contributed by atoms with Crippen LogP contribution >= 0.6 is 0 Å². The van der Waals surface area contributed by atoms with Gasteiger partial charge in [-0.3, -0.25) is 4.98 Å². The molecule has 2 rings (SSSR count). The Morgan fingerprint density at radius 2 is 1.92 bits per heavy atom. The number of pyridine rings is 1. The molecule has 0 aliphatic carbocycles. The number of hydrogen-bond donors (Lipinski definition) is 1. The van der Waals surface area contributed by atoms with E-state index in [-0.39, 0.29) is 0 Å². The summed E-state index contributed by atoms with van der Waals surface area (Å²) in [5, 5.41) is 1.04. The minimum atomic E-state index is 0.808. The molecule has 66 valence electrons. The first kappa shape index (κ1) is 8.05. The molecular formula is C11H12N2. The van der Waals surface area contributed by atoms with Crippen LogP contribution in [0.4, 0.5) is 5.69 Å². The molecule has 13 heavy (non-hydrogen) atoms. The predicted molar refractivity (Wildman–Crippen MR) is 55.6 cm³/mol. The standard InChI is InChI=1S/C11H12N2/c1-7-3-4-9-10(12)6-8(2)13-11(9)5-7/h3-6H,1-2H3,(H2,12,13). The van der Waals surface area contributed by atoms with Gasteiger partial charge >= 0.3 is 0 Å². The summed E-state index contributed by atoms with van der Waals surface area (Å²) in [6.45, 7) is 4.01. The highest BCUT2D eigenvalue weighted by atomic mass is 14.7. The zero-order valence-corrected chi connectivity index (χ0v) is 7.83. The first-order valence-corrected chi connectivity index (χ1v) is 4.30. The molecule has 1 aromatic carbocycles. The molecule has 2 heteroatoms. The molecule has 1 aromatic heterocycles. The number of benzene rings is 1. The van der Waals surface area contributed by atoms with Gasteiger partial charge in [0, 0.05) is 16.8 Å². The Hall–Kier alpha value is -1.57. The monoisotopic (exact) mass is 172 g/mol. The second-order valence-electron chi connectivity index (χ2n) is 3.37. The van der Waals surface area contributed by atoms with Gasteiger partial charge in [0.15, 0.2) is 0 Å². The molecule has 0 aliphatic rings. The molecule has 2 aromatic rings. The van der Waals surface area contributed by atoms with Crippen LogP contribution in [0.2, 0.25) is 0 Å². The van der Waals surface area contributed by atoms with Gasteiger partial charge in [-0.05, 0) is 31.5 Å². The third-order valence-electron chi connectivity index (χ3n) is 2.13. The number of nitrogen functional groups attached to an aromatic ring is 1. The highest BCUT2D eigenvalue weighted by Crippen LogP contribution is 2.20. The summed E-state index contributed by atoms with van der Waals surface area (Å²) in [5.74, 6) is 0. The summed E-state index contributed by atoms with van der Waals surface area (Å²) in [6, 6.07) is 8.03. The summed E-state index contributed by atoms with van der Waals surface area (Å²) in [7, 11) is 0. The van der Waals surface area contributed by atoms with Gasteiger partial charge in [0.2, 0.25) is 0 Å². The van der Waals surface area contributed by atoms with Gasteiger partial charge in [-0.1, -0.05) is 12.1 Å².